The molecule has 1 aliphatic rings. The largest absolute Gasteiger partial charge is 0.461 e. The molecule has 0 radical (unpaired) electrons. The molecule has 1 aromatic rings. The van der Waals surface area contributed by atoms with Crippen LogP contribution < -0.4 is 10.3 Å². The maximum atomic E-state index is 12.9. The highest BCUT2D eigenvalue weighted by molar-refractivity contribution is 6.38. The first kappa shape index (κ1) is 19.0. The Kier molecular flexibility index (Phi) is 6.56. The van der Waals surface area contributed by atoms with Gasteiger partial charge in [0.25, 0.3) is 0 Å². The molecule has 1 aliphatic heterocycles. The van der Waals surface area contributed by atoms with Gasteiger partial charge < -0.3 is 10.1 Å². The molecule has 0 bridgehead atoms. The minimum absolute atomic E-state index is 0.0942. The summed E-state index contributed by atoms with van der Waals surface area (Å²) in [5.41, 5.74) is 1.06. The summed E-state index contributed by atoms with van der Waals surface area (Å²) in [4.78, 5) is 24.9. The number of anilines is 1. The number of hydrazone groups is 1. The van der Waals surface area contributed by atoms with E-state index in [4.69, 9.17) is 4.74 Å². The van der Waals surface area contributed by atoms with Crippen molar-refractivity contribution in [3.05, 3.63) is 30.3 Å². The minimum atomic E-state index is -0.547. The lowest BCUT2D eigenvalue weighted by molar-refractivity contribution is -0.135. The van der Waals surface area contributed by atoms with E-state index in [9.17, 15) is 9.59 Å². The summed E-state index contributed by atoms with van der Waals surface area (Å²) in [6.07, 6.45) is 1.10. The summed E-state index contributed by atoms with van der Waals surface area (Å²) in [6.45, 7) is 8.25. The van der Waals surface area contributed by atoms with Crippen LogP contribution in [-0.4, -0.2) is 36.3 Å². The fourth-order valence-corrected chi connectivity index (χ4v) is 2.89. The fourth-order valence-electron chi connectivity index (χ4n) is 2.89. The van der Waals surface area contributed by atoms with Crippen molar-refractivity contribution in [3.63, 3.8) is 0 Å². The number of carbonyl (C=O) groups is 2. The zero-order valence-electron chi connectivity index (χ0n) is 15.4. The number of amides is 1. The van der Waals surface area contributed by atoms with Gasteiger partial charge in [0.05, 0.1) is 12.3 Å². The standard InChI is InChI=1S/C19H27N3O3/c1-5-15(13(3)4)20-18(23)17-12-16(19(24)25-6-2)21-22(17)14-10-8-7-9-11-14/h7-11,13,15,17H,5-6,12H2,1-4H3,(H,20,23). The SMILES string of the molecule is CCOC(=O)C1=NN(c2ccccc2)C(C(=O)NC(CC)C(C)C)C1. The van der Waals surface area contributed by atoms with Crippen molar-refractivity contribution in [3.8, 4) is 0 Å². The number of hydrogen-bond donors (Lipinski definition) is 1. The predicted molar refractivity (Wildman–Crippen MR) is 98.5 cm³/mol. The molecular weight excluding hydrogens is 318 g/mol. The van der Waals surface area contributed by atoms with Crippen molar-refractivity contribution in [1.82, 2.24) is 5.32 Å². The molecule has 0 aromatic heterocycles. The Bertz CT molecular complexity index is 628. The lowest BCUT2D eigenvalue weighted by Gasteiger charge is -2.27. The molecule has 6 nitrogen and oxygen atoms in total. The van der Waals surface area contributed by atoms with E-state index < -0.39 is 12.0 Å². The maximum absolute atomic E-state index is 12.9. The second-order valence-electron chi connectivity index (χ2n) is 6.43. The molecule has 136 valence electrons. The van der Waals surface area contributed by atoms with Crippen LogP contribution in [-0.2, 0) is 14.3 Å². The monoisotopic (exact) mass is 345 g/mol. The maximum Gasteiger partial charge on any atom is 0.354 e. The van der Waals surface area contributed by atoms with Crippen molar-refractivity contribution in [2.75, 3.05) is 11.6 Å². The molecule has 0 fully saturated rings. The molecule has 2 unspecified atom stereocenters. The lowest BCUT2D eigenvalue weighted by atomic mass is 10.0. The van der Waals surface area contributed by atoms with E-state index in [2.05, 4.69) is 31.2 Å². The van der Waals surface area contributed by atoms with Crippen molar-refractivity contribution in [2.24, 2.45) is 11.0 Å². The first-order valence-corrected chi connectivity index (χ1v) is 8.87. The van der Waals surface area contributed by atoms with Gasteiger partial charge in [-0.1, -0.05) is 39.0 Å². The smallest absolute Gasteiger partial charge is 0.354 e. The van der Waals surface area contributed by atoms with E-state index >= 15 is 0 Å². The summed E-state index contributed by atoms with van der Waals surface area (Å²) in [5, 5.41) is 9.08. The fraction of sp³-hybridized carbons (Fsp3) is 0.526. The third-order valence-corrected chi connectivity index (χ3v) is 4.32. The Morgan fingerprint density at radius 3 is 2.52 bits per heavy atom. The van der Waals surface area contributed by atoms with Crippen LogP contribution in [0.25, 0.3) is 0 Å². The first-order valence-electron chi connectivity index (χ1n) is 8.87. The van der Waals surface area contributed by atoms with Crippen molar-refractivity contribution in [2.45, 2.75) is 52.6 Å². The number of carbonyl (C=O) groups excluding carboxylic acids is 2. The Labute approximate surface area is 149 Å². The first-order chi connectivity index (χ1) is 12.0. The molecule has 25 heavy (non-hydrogen) atoms. The van der Waals surface area contributed by atoms with E-state index in [1.54, 1.807) is 11.9 Å². The lowest BCUT2D eigenvalue weighted by Crippen LogP contribution is -2.48. The quantitative estimate of drug-likeness (QED) is 0.772. The molecule has 1 heterocycles. The second-order valence-corrected chi connectivity index (χ2v) is 6.43. The minimum Gasteiger partial charge on any atom is -0.461 e. The van der Waals surface area contributed by atoms with E-state index in [0.29, 0.717) is 5.92 Å². The van der Waals surface area contributed by atoms with Gasteiger partial charge in [-0.3, -0.25) is 9.80 Å². The molecule has 1 N–H and O–H groups in total. The molecule has 2 rings (SSSR count). The number of benzene rings is 1. The van der Waals surface area contributed by atoms with Crippen LogP contribution in [0.1, 0.15) is 40.5 Å². The van der Waals surface area contributed by atoms with Crippen molar-refractivity contribution >= 4 is 23.3 Å². The number of nitrogens with zero attached hydrogens (tertiary/aromatic N) is 2. The molecule has 6 heteroatoms. The normalized spacial score (nSPS) is 18.0. The Hall–Kier alpha value is -2.37. The topological polar surface area (TPSA) is 71.0 Å². The van der Waals surface area contributed by atoms with Crippen LogP contribution in [0, 0.1) is 5.92 Å². The summed E-state index contributed by atoms with van der Waals surface area (Å²) in [6, 6.07) is 8.95. The predicted octanol–water partition coefficient (Wildman–Crippen LogP) is 2.74. The van der Waals surface area contributed by atoms with Crippen LogP contribution in [0.4, 0.5) is 5.69 Å². The third kappa shape index (κ3) is 4.59. The number of rotatable bonds is 7. The Balaban J connectivity index is 2.23. The van der Waals surface area contributed by atoms with Crippen LogP contribution in [0.3, 0.4) is 0 Å². The van der Waals surface area contributed by atoms with Crippen LogP contribution >= 0.6 is 0 Å². The summed E-state index contributed by atoms with van der Waals surface area (Å²) in [5.74, 6) is -0.243. The van der Waals surface area contributed by atoms with E-state index in [-0.39, 0.29) is 30.7 Å². The Morgan fingerprint density at radius 2 is 1.96 bits per heavy atom. The van der Waals surface area contributed by atoms with E-state index in [1.807, 2.05) is 30.3 Å². The highest BCUT2D eigenvalue weighted by Gasteiger charge is 2.37. The summed E-state index contributed by atoms with van der Waals surface area (Å²) in [7, 11) is 0. The molecule has 0 spiro atoms. The molecule has 1 amide bonds. The highest BCUT2D eigenvalue weighted by atomic mass is 16.5. The van der Waals surface area contributed by atoms with E-state index in [1.165, 1.54) is 0 Å². The number of esters is 1. The van der Waals surface area contributed by atoms with Crippen molar-refractivity contribution in [1.29, 1.82) is 0 Å². The van der Waals surface area contributed by atoms with Gasteiger partial charge in [0, 0.05) is 12.5 Å². The second kappa shape index (κ2) is 8.65. The Morgan fingerprint density at radius 1 is 1.28 bits per heavy atom. The van der Waals surface area contributed by atoms with Gasteiger partial charge in [-0.2, -0.15) is 5.10 Å². The van der Waals surface area contributed by atoms with Gasteiger partial charge in [-0.15, -0.1) is 0 Å². The van der Waals surface area contributed by atoms with Gasteiger partial charge in [0.1, 0.15) is 11.8 Å². The summed E-state index contributed by atoms with van der Waals surface area (Å²) >= 11 is 0. The molecule has 0 aliphatic carbocycles. The van der Waals surface area contributed by atoms with Gasteiger partial charge in [0.15, 0.2) is 0 Å². The third-order valence-electron chi connectivity index (χ3n) is 4.32. The molecule has 0 saturated heterocycles. The zero-order chi connectivity index (χ0) is 18.4. The molecule has 1 aromatic carbocycles. The average molecular weight is 345 g/mol. The van der Waals surface area contributed by atoms with Gasteiger partial charge in [-0.25, -0.2) is 4.79 Å². The van der Waals surface area contributed by atoms with Gasteiger partial charge in [-0.05, 0) is 31.4 Å². The van der Waals surface area contributed by atoms with E-state index in [0.717, 1.165) is 12.1 Å². The van der Waals surface area contributed by atoms with Gasteiger partial charge in [0.2, 0.25) is 5.91 Å². The number of ether oxygens (including phenoxy) is 1. The molecule has 0 saturated carbocycles. The molecular formula is C19H27N3O3. The average Bonchev–Trinajstić information content (AvgIpc) is 3.05. The highest BCUT2D eigenvalue weighted by Crippen LogP contribution is 2.25. The van der Waals surface area contributed by atoms with Crippen LogP contribution in [0.5, 0.6) is 0 Å². The van der Waals surface area contributed by atoms with Gasteiger partial charge >= 0.3 is 5.97 Å². The van der Waals surface area contributed by atoms with Crippen molar-refractivity contribution < 1.29 is 14.3 Å². The van der Waals surface area contributed by atoms with Crippen LogP contribution in [0.15, 0.2) is 35.4 Å². The number of hydrogen-bond acceptors (Lipinski definition) is 5. The number of nitrogens with one attached hydrogen (secondary N) is 1. The number of para-hydroxylation sites is 1. The van der Waals surface area contributed by atoms with Crippen LogP contribution in [0.2, 0.25) is 0 Å². The molecule has 2 atom stereocenters. The zero-order valence-corrected chi connectivity index (χ0v) is 15.4. The summed E-state index contributed by atoms with van der Waals surface area (Å²) < 4.78 is 5.05.